The maximum atomic E-state index is 13.0. The molecule has 1 fully saturated rings. The normalized spacial score (nSPS) is 18.0. The summed E-state index contributed by atoms with van der Waals surface area (Å²) < 4.78 is 5.14. The molecule has 0 radical (unpaired) electrons. The first kappa shape index (κ1) is 23.1. The number of imide groups is 1. The standard InChI is InChI=1S/C24H30N4O4/c1-6-27(16(2)3)19-11-9-18(10-12-19)25-21(29)15-28-22(30)24(4,26-23(28)31)17-7-13-20(32-5)14-8-17/h7-14,16H,6,15H2,1-5H3,(H,25,29)(H,26,31)/t24-/m0/s1. The molecule has 0 spiro atoms. The number of urea groups is 1. The molecular weight excluding hydrogens is 408 g/mol. The third-order valence-corrected chi connectivity index (χ3v) is 5.69. The van der Waals surface area contributed by atoms with Crippen LogP contribution in [0.5, 0.6) is 5.75 Å². The molecule has 4 amide bonds. The second-order valence-corrected chi connectivity index (χ2v) is 8.15. The molecule has 0 unspecified atom stereocenters. The van der Waals surface area contributed by atoms with Crippen LogP contribution in [0, 0.1) is 0 Å². The summed E-state index contributed by atoms with van der Waals surface area (Å²) in [5.74, 6) is -0.281. The van der Waals surface area contributed by atoms with Gasteiger partial charge in [-0.05, 0) is 69.7 Å². The van der Waals surface area contributed by atoms with Crippen LogP contribution in [0.2, 0.25) is 0 Å². The highest BCUT2D eigenvalue weighted by Crippen LogP contribution is 2.30. The van der Waals surface area contributed by atoms with Crippen molar-refractivity contribution >= 4 is 29.2 Å². The fraction of sp³-hybridized carbons (Fsp3) is 0.375. The maximum absolute atomic E-state index is 13.0. The first-order chi connectivity index (χ1) is 15.2. The summed E-state index contributed by atoms with van der Waals surface area (Å²) in [6.45, 7) is 8.47. The molecule has 2 aromatic carbocycles. The number of rotatable bonds is 8. The van der Waals surface area contributed by atoms with Crippen molar-refractivity contribution in [3.05, 3.63) is 54.1 Å². The second-order valence-electron chi connectivity index (χ2n) is 8.15. The molecule has 2 aromatic rings. The van der Waals surface area contributed by atoms with Gasteiger partial charge in [0, 0.05) is 24.0 Å². The maximum Gasteiger partial charge on any atom is 0.325 e. The molecule has 1 heterocycles. The SMILES string of the molecule is CCN(c1ccc(NC(=O)CN2C(=O)N[C@@](C)(c3ccc(OC)cc3)C2=O)cc1)C(C)C. The highest BCUT2D eigenvalue weighted by molar-refractivity contribution is 6.10. The Bertz CT molecular complexity index is 988. The number of carbonyl (C=O) groups is 3. The monoisotopic (exact) mass is 438 g/mol. The minimum absolute atomic E-state index is 0.361. The van der Waals surface area contributed by atoms with E-state index in [9.17, 15) is 14.4 Å². The molecule has 0 bridgehead atoms. The number of anilines is 2. The number of hydrogen-bond acceptors (Lipinski definition) is 5. The van der Waals surface area contributed by atoms with Crippen molar-refractivity contribution in [1.82, 2.24) is 10.2 Å². The van der Waals surface area contributed by atoms with Gasteiger partial charge in [-0.25, -0.2) is 4.79 Å². The van der Waals surface area contributed by atoms with Gasteiger partial charge in [-0.2, -0.15) is 0 Å². The lowest BCUT2D eigenvalue weighted by molar-refractivity contribution is -0.133. The van der Waals surface area contributed by atoms with Crippen molar-refractivity contribution in [3.8, 4) is 5.75 Å². The van der Waals surface area contributed by atoms with Gasteiger partial charge in [0.25, 0.3) is 5.91 Å². The number of nitrogens with one attached hydrogen (secondary N) is 2. The van der Waals surface area contributed by atoms with Crippen molar-refractivity contribution in [2.45, 2.75) is 39.3 Å². The van der Waals surface area contributed by atoms with Gasteiger partial charge in [0.15, 0.2) is 0 Å². The van der Waals surface area contributed by atoms with E-state index in [0.29, 0.717) is 23.0 Å². The number of ether oxygens (including phenoxy) is 1. The fourth-order valence-electron chi connectivity index (χ4n) is 3.89. The smallest absolute Gasteiger partial charge is 0.325 e. The number of carbonyl (C=O) groups excluding carboxylic acids is 3. The van der Waals surface area contributed by atoms with E-state index >= 15 is 0 Å². The van der Waals surface area contributed by atoms with Gasteiger partial charge in [-0.15, -0.1) is 0 Å². The molecule has 32 heavy (non-hydrogen) atoms. The van der Waals surface area contributed by atoms with Gasteiger partial charge >= 0.3 is 6.03 Å². The van der Waals surface area contributed by atoms with Crippen LogP contribution in [-0.2, 0) is 15.1 Å². The van der Waals surface area contributed by atoms with Crippen LogP contribution in [-0.4, -0.2) is 49.0 Å². The van der Waals surface area contributed by atoms with Gasteiger partial charge in [0.2, 0.25) is 5.91 Å². The van der Waals surface area contributed by atoms with E-state index in [0.717, 1.165) is 17.1 Å². The van der Waals surface area contributed by atoms with Gasteiger partial charge in [0.05, 0.1) is 7.11 Å². The van der Waals surface area contributed by atoms with Crippen LogP contribution in [0.15, 0.2) is 48.5 Å². The van der Waals surface area contributed by atoms with Gasteiger partial charge in [0.1, 0.15) is 17.8 Å². The largest absolute Gasteiger partial charge is 0.497 e. The Hall–Kier alpha value is -3.55. The summed E-state index contributed by atoms with van der Waals surface area (Å²) >= 11 is 0. The van der Waals surface area contributed by atoms with Crippen LogP contribution < -0.4 is 20.3 Å². The predicted molar refractivity (Wildman–Crippen MR) is 124 cm³/mol. The van der Waals surface area contributed by atoms with Gasteiger partial charge < -0.3 is 20.3 Å². The summed E-state index contributed by atoms with van der Waals surface area (Å²) in [5, 5.41) is 5.46. The Morgan fingerprint density at radius 2 is 1.75 bits per heavy atom. The molecule has 1 aliphatic rings. The quantitative estimate of drug-likeness (QED) is 0.617. The van der Waals surface area contributed by atoms with Crippen LogP contribution >= 0.6 is 0 Å². The van der Waals surface area contributed by atoms with E-state index in [4.69, 9.17) is 4.74 Å². The van der Waals surface area contributed by atoms with Crippen molar-refractivity contribution in [2.24, 2.45) is 0 Å². The average Bonchev–Trinajstić information content (AvgIpc) is 2.99. The molecule has 170 valence electrons. The topological polar surface area (TPSA) is 91.0 Å². The Kier molecular flexibility index (Phi) is 6.72. The Morgan fingerprint density at radius 3 is 2.28 bits per heavy atom. The average molecular weight is 439 g/mol. The molecule has 0 aliphatic carbocycles. The van der Waals surface area contributed by atoms with Crippen LogP contribution in [0.4, 0.5) is 16.2 Å². The third kappa shape index (κ3) is 4.54. The first-order valence-electron chi connectivity index (χ1n) is 10.6. The molecule has 3 rings (SSSR count). The van der Waals surface area contributed by atoms with E-state index in [1.54, 1.807) is 38.3 Å². The van der Waals surface area contributed by atoms with E-state index in [1.165, 1.54) is 0 Å². The zero-order chi connectivity index (χ0) is 23.5. The fourth-order valence-corrected chi connectivity index (χ4v) is 3.89. The molecule has 1 atom stereocenters. The molecule has 2 N–H and O–H groups in total. The number of hydrogen-bond donors (Lipinski definition) is 2. The number of methoxy groups -OCH3 is 1. The molecule has 0 aromatic heterocycles. The second kappa shape index (κ2) is 9.30. The summed E-state index contributed by atoms with van der Waals surface area (Å²) in [5.41, 5.74) is 1.03. The lowest BCUT2D eigenvalue weighted by Gasteiger charge is -2.27. The number of benzene rings is 2. The molecule has 8 nitrogen and oxygen atoms in total. The number of amides is 4. The van der Waals surface area contributed by atoms with Crippen molar-refractivity contribution < 1.29 is 19.1 Å². The first-order valence-corrected chi connectivity index (χ1v) is 10.6. The van der Waals surface area contributed by atoms with E-state index in [-0.39, 0.29) is 6.54 Å². The number of nitrogens with zero attached hydrogens (tertiary/aromatic N) is 2. The molecule has 1 saturated heterocycles. The van der Waals surface area contributed by atoms with Crippen LogP contribution in [0.1, 0.15) is 33.3 Å². The molecule has 8 heteroatoms. The van der Waals surface area contributed by atoms with Gasteiger partial charge in [-0.3, -0.25) is 14.5 Å². The zero-order valence-electron chi connectivity index (χ0n) is 19.1. The highest BCUT2D eigenvalue weighted by atomic mass is 16.5. The highest BCUT2D eigenvalue weighted by Gasteiger charge is 2.49. The molecular formula is C24H30N4O4. The molecule has 0 saturated carbocycles. The van der Waals surface area contributed by atoms with E-state index < -0.39 is 23.4 Å². The third-order valence-electron chi connectivity index (χ3n) is 5.69. The van der Waals surface area contributed by atoms with Crippen molar-refractivity contribution in [1.29, 1.82) is 0 Å². The Morgan fingerprint density at radius 1 is 1.12 bits per heavy atom. The van der Waals surface area contributed by atoms with Crippen LogP contribution in [0.3, 0.4) is 0 Å². The Labute approximate surface area is 188 Å². The minimum Gasteiger partial charge on any atom is -0.497 e. The van der Waals surface area contributed by atoms with Crippen molar-refractivity contribution in [3.63, 3.8) is 0 Å². The van der Waals surface area contributed by atoms with Gasteiger partial charge in [-0.1, -0.05) is 12.1 Å². The molecule has 1 aliphatic heterocycles. The lowest BCUT2D eigenvalue weighted by atomic mass is 9.92. The predicted octanol–water partition coefficient (Wildman–Crippen LogP) is 3.34. The van der Waals surface area contributed by atoms with Crippen LogP contribution in [0.25, 0.3) is 0 Å². The summed E-state index contributed by atoms with van der Waals surface area (Å²) in [6.07, 6.45) is 0. The van der Waals surface area contributed by atoms with E-state index in [2.05, 4.69) is 36.3 Å². The minimum atomic E-state index is -1.24. The Balaban J connectivity index is 1.67. The summed E-state index contributed by atoms with van der Waals surface area (Å²) in [7, 11) is 1.55. The summed E-state index contributed by atoms with van der Waals surface area (Å²) in [6, 6.07) is 14.1. The zero-order valence-corrected chi connectivity index (χ0v) is 19.1. The lowest BCUT2D eigenvalue weighted by Crippen LogP contribution is -2.42. The van der Waals surface area contributed by atoms with E-state index in [1.807, 2.05) is 24.3 Å². The summed E-state index contributed by atoms with van der Waals surface area (Å²) in [4.78, 5) is 41.2. The van der Waals surface area contributed by atoms with Crippen molar-refractivity contribution in [2.75, 3.05) is 30.4 Å².